The van der Waals surface area contributed by atoms with Crippen molar-refractivity contribution in [3.05, 3.63) is 27.3 Å². The Labute approximate surface area is 108 Å². The number of unbranched alkanes of at least 4 members (excludes halogenated alkanes) is 1. The van der Waals surface area contributed by atoms with Gasteiger partial charge >= 0.3 is 0 Å². The number of nitriles is 1. The van der Waals surface area contributed by atoms with E-state index in [1.807, 2.05) is 20.8 Å². The molecule has 0 fully saturated rings. The Balaban J connectivity index is 3.22. The predicted octanol–water partition coefficient (Wildman–Crippen LogP) is 4.12. The fraction of sp³-hybridized carbons (Fsp3) is 0.500. The molecule has 0 saturated carbocycles. The molecule has 0 saturated heterocycles. The van der Waals surface area contributed by atoms with Crippen molar-refractivity contribution in [2.75, 3.05) is 7.11 Å². The number of rotatable bonds is 4. The summed E-state index contributed by atoms with van der Waals surface area (Å²) in [5.74, 6) is 0.919. The largest absolute Gasteiger partial charge is 0.496 e. The van der Waals surface area contributed by atoms with Crippen LogP contribution in [0.25, 0.3) is 0 Å². The van der Waals surface area contributed by atoms with Gasteiger partial charge in [0.2, 0.25) is 0 Å². The number of hydrogen-bond donors (Lipinski definition) is 0. The van der Waals surface area contributed by atoms with Crippen molar-refractivity contribution < 1.29 is 4.74 Å². The van der Waals surface area contributed by atoms with Crippen molar-refractivity contribution in [1.29, 1.82) is 5.26 Å². The van der Waals surface area contributed by atoms with Crippen LogP contribution in [-0.2, 0) is 6.42 Å². The number of halogens is 1. The van der Waals surface area contributed by atoms with Crippen molar-refractivity contribution in [3.8, 4) is 11.8 Å². The molecule has 0 bridgehead atoms. The number of methoxy groups -OCH3 is 1. The first-order valence-corrected chi connectivity index (χ1v) is 6.11. The van der Waals surface area contributed by atoms with Crippen LogP contribution in [0.5, 0.6) is 5.75 Å². The predicted molar refractivity (Wildman–Crippen MR) is 70.8 cm³/mol. The normalized spacial score (nSPS) is 10.1. The maximum absolute atomic E-state index is 8.59. The van der Waals surface area contributed by atoms with Crippen molar-refractivity contribution in [2.45, 2.75) is 40.0 Å². The lowest BCUT2D eigenvalue weighted by Gasteiger charge is -2.18. The van der Waals surface area contributed by atoms with Gasteiger partial charge in [-0.1, -0.05) is 11.6 Å². The van der Waals surface area contributed by atoms with Gasteiger partial charge in [0.1, 0.15) is 5.75 Å². The van der Waals surface area contributed by atoms with Gasteiger partial charge in [-0.15, -0.1) is 0 Å². The average Bonchev–Trinajstić information content (AvgIpc) is 2.33. The second kappa shape index (κ2) is 5.93. The molecule has 0 aromatic heterocycles. The first-order chi connectivity index (χ1) is 8.04. The monoisotopic (exact) mass is 251 g/mol. The number of ether oxygens (including phenoxy) is 1. The Morgan fingerprint density at radius 1 is 1.18 bits per heavy atom. The van der Waals surface area contributed by atoms with Crippen LogP contribution in [0.15, 0.2) is 0 Å². The molecule has 0 radical (unpaired) electrons. The van der Waals surface area contributed by atoms with E-state index in [1.165, 1.54) is 0 Å². The van der Waals surface area contributed by atoms with Gasteiger partial charge < -0.3 is 4.74 Å². The first-order valence-electron chi connectivity index (χ1n) is 5.73. The van der Waals surface area contributed by atoms with Crippen LogP contribution >= 0.6 is 11.6 Å². The minimum absolute atomic E-state index is 0.563. The fourth-order valence-electron chi connectivity index (χ4n) is 2.07. The third-order valence-corrected chi connectivity index (χ3v) is 3.77. The molecular formula is C14H18ClNO. The zero-order valence-electron chi connectivity index (χ0n) is 10.9. The Morgan fingerprint density at radius 2 is 1.82 bits per heavy atom. The van der Waals surface area contributed by atoms with Crippen LogP contribution in [0.2, 0.25) is 5.02 Å². The van der Waals surface area contributed by atoms with Crippen molar-refractivity contribution in [1.82, 2.24) is 0 Å². The number of hydrogen-bond acceptors (Lipinski definition) is 2. The molecule has 0 amide bonds. The summed E-state index contributed by atoms with van der Waals surface area (Å²) >= 11 is 6.31. The van der Waals surface area contributed by atoms with Crippen molar-refractivity contribution in [3.63, 3.8) is 0 Å². The van der Waals surface area contributed by atoms with Gasteiger partial charge in [0.05, 0.1) is 13.2 Å². The zero-order valence-corrected chi connectivity index (χ0v) is 11.6. The molecule has 0 unspecified atom stereocenters. The molecule has 92 valence electrons. The van der Waals surface area contributed by atoms with E-state index < -0.39 is 0 Å². The topological polar surface area (TPSA) is 33.0 Å². The highest BCUT2D eigenvalue weighted by atomic mass is 35.5. The van der Waals surface area contributed by atoms with Crippen LogP contribution in [0.1, 0.15) is 35.1 Å². The van der Waals surface area contributed by atoms with E-state index in [-0.39, 0.29) is 0 Å². The smallest absolute Gasteiger partial charge is 0.125 e. The molecule has 17 heavy (non-hydrogen) atoms. The summed E-state index contributed by atoms with van der Waals surface area (Å²) in [6.45, 7) is 6.04. The summed E-state index contributed by atoms with van der Waals surface area (Å²) in [6.07, 6.45) is 2.24. The average molecular weight is 252 g/mol. The van der Waals surface area contributed by atoms with Gasteiger partial charge in [0.15, 0.2) is 0 Å². The van der Waals surface area contributed by atoms with E-state index in [0.29, 0.717) is 6.42 Å². The van der Waals surface area contributed by atoms with Gasteiger partial charge in [0.25, 0.3) is 0 Å². The van der Waals surface area contributed by atoms with Gasteiger partial charge in [-0.25, -0.2) is 0 Å². The van der Waals surface area contributed by atoms with Gasteiger partial charge in [-0.2, -0.15) is 5.26 Å². The molecule has 0 heterocycles. The third kappa shape index (κ3) is 2.73. The lowest BCUT2D eigenvalue weighted by molar-refractivity contribution is 0.405. The molecule has 0 aliphatic rings. The summed E-state index contributed by atoms with van der Waals surface area (Å²) in [4.78, 5) is 0. The first kappa shape index (κ1) is 13.9. The molecule has 0 aliphatic heterocycles. The minimum Gasteiger partial charge on any atom is -0.496 e. The van der Waals surface area contributed by atoms with E-state index in [9.17, 15) is 0 Å². The highest BCUT2D eigenvalue weighted by Gasteiger charge is 2.16. The molecule has 0 atom stereocenters. The third-order valence-electron chi connectivity index (χ3n) is 3.21. The standard InChI is InChI=1S/C14H18ClNO/c1-9-10(2)14(17-4)12(7-5-6-8-16)11(3)13(9)15/h5-7H2,1-4H3. The highest BCUT2D eigenvalue weighted by molar-refractivity contribution is 6.32. The number of nitrogens with zero attached hydrogens (tertiary/aromatic N) is 1. The molecule has 0 aliphatic carbocycles. The number of benzene rings is 1. The van der Waals surface area contributed by atoms with E-state index >= 15 is 0 Å². The molecule has 1 rings (SSSR count). The van der Waals surface area contributed by atoms with Crippen LogP contribution in [0, 0.1) is 32.1 Å². The second-order valence-corrected chi connectivity index (χ2v) is 4.59. The molecule has 2 nitrogen and oxygen atoms in total. The zero-order chi connectivity index (χ0) is 13.0. The maximum atomic E-state index is 8.59. The van der Waals surface area contributed by atoms with E-state index in [2.05, 4.69) is 6.07 Å². The minimum atomic E-state index is 0.563. The molecular weight excluding hydrogens is 234 g/mol. The van der Waals surface area contributed by atoms with Crippen LogP contribution in [-0.4, -0.2) is 7.11 Å². The van der Waals surface area contributed by atoms with Crippen LogP contribution < -0.4 is 4.74 Å². The van der Waals surface area contributed by atoms with E-state index in [4.69, 9.17) is 21.6 Å². The van der Waals surface area contributed by atoms with Crippen molar-refractivity contribution in [2.24, 2.45) is 0 Å². The van der Waals surface area contributed by atoms with Gasteiger partial charge in [-0.3, -0.25) is 0 Å². The Kier molecular flexibility index (Phi) is 4.84. The molecule has 3 heteroatoms. The lowest BCUT2D eigenvalue weighted by atomic mass is 9.95. The fourth-order valence-corrected chi connectivity index (χ4v) is 2.32. The Bertz CT molecular complexity index is 461. The summed E-state index contributed by atoms with van der Waals surface area (Å²) in [6, 6.07) is 2.16. The van der Waals surface area contributed by atoms with E-state index in [1.54, 1.807) is 7.11 Å². The molecule has 0 N–H and O–H groups in total. The van der Waals surface area contributed by atoms with E-state index in [0.717, 1.165) is 45.9 Å². The second-order valence-electron chi connectivity index (χ2n) is 4.21. The summed E-state index contributed by atoms with van der Waals surface area (Å²) in [7, 11) is 1.68. The molecule has 1 aromatic rings. The Morgan fingerprint density at radius 3 is 2.35 bits per heavy atom. The summed E-state index contributed by atoms with van der Waals surface area (Å²) < 4.78 is 5.48. The Hall–Kier alpha value is -1.20. The van der Waals surface area contributed by atoms with Gasteiger partial charge in [0, 0.05) is 11.4 Å². The molecule has 1 aromatic carbocycles. The van der Waals surface area contributed by atoms with Gasteiger partial charge in [-0.05, 0) is 55.9 Å². The lowest BCUT2D eigenvalue weighted by Crippen LogP contribution is -2.02. The van der Waals surface area contributed by atoms with Crippen LogP contribution in [0.4, 0.5) is 0 Å². The quantitative estimate of drug-likeness (QED) is 0.754. The maximum Gasteiger partial charge on any atom is 0.125 e. The molecule has 0 spiro atoms. The SMILES string of the molecule is COc1c(C)c(C)c(Cl)c(C)c1CCCC#N. The highest BCUT2D eigenvalue weighted by Crippen LogP contribution is 2.36. The van der Waals surface area contributed by atoms with Crippen LogP contribution in [0.3, 0.4) is 0 Å². The summed E-state index contributed by atoms with van der Waals surface area (Å²) in [5.41, 5.74) is 4.38. The van der Waals surface area contributed by atoms with Crippen molar-refractivity contribution >= 4 is 11.6 Å². The summed E-state index contributed by atoms with van der Waals surface area (Å²) in [5, 5.41) is 9.40.